The fraction of sp³-hybridized carbons (Fsp3) is 0.320. The highest BCUT2D eigenvalue weighted by molar-refractivity contribution is 6.39. The molecule has 0 fully saturated rings. The quantitative estimate of drug-likeness (QED) is 0.486. The van der Waals surface area contributed by atoms with Crippen molar-refractivity contribution in [1.82, 2.24) is 0 Å². The molecule has 1 aliphatic heterocycles. The zero-order valence-electron chi connectivity index (χ0n) is 17.8. The Morgan fingerprint density at radius 3 is 2.33 bits per heavy atom. The van der Waals surface area contributed by atoms with E-state index < -0.39 is 11.7 Å². The predicted molar refractivity (Wildman–Crippen MR) is 117 cm³/mol. The van der Waals surface area contributed by atoms with Crippen molar-refractivity contribution in [3.63, 3.8) is 0 Å². The zero-order chi connectivity index (χ0) is 21.9. The van der Waals surface area contributed by atoms with Crippen LogP contribution in [0.15, 0.2) is 60.2 Å². The van der Waals surface area contributed by atoms with Gasteiger partial charge in [0.2, 0.25) is 0 Å². The average Bonchev–Trinajstić information content (AvgIpc) is 2.99. The van der Waals surface area contributed by atoms with E-state index in [9.17, 15) is 14.4 Å². The smallest absolute Gasteiger partial charge is 0.422 e. The van der Waals surface area contributed by atoms with E-state index in [-0.39, 0.29) is 11.8 Å². The van der Waals surface area contributed by atoms with Gasteiger partial charge >= 0.3 is 6.09 Å². The van der Waals surface area contributed by atoms with Gasteiger partial charge in [0.25, 0.3) is 5.91 Å². The Hall–Kier alpha value is -3.21. The molecule has 1 atom stereocenters. The summed E-state index contributed by atoms with van der Waals surface area (Å²) in [7, 11) is 0. The highest BCUT2D eigenvalue weighted by atomic mass is 16.6. The Bertz CT molecular complexity index is 986. The molecule has 0 unspecified atom stereocenters. The van der Waals surface area contributed by atoms with Gasteiger partial charge in [-0.15, -0.1) is 0 Å². The molecule has 0 radical (unpaired) electrons. The van der Waals surface area contributed by atoms with Gasteiger partial charge in [-0.05, 0) is 51.7 Å². The van der Waals surface area contributed by atoms with E-state index in [2.05, 4.69) is 0 Å². The molecule has 0 aliphatic carbocycles. The summed E-state index contributed by atoms with van der Waals surface area (Å²) in [5, 5.41) is 0. The maximum atomic E-state index is 13.3. The molecule has 0 spiro atoms. The van der Waals surface area contributed by atoms with E-state index in [1.54, 1.807) is 32.9 Å². The van der Waals surface area contributed by atoms with Gasteiger partial charge in [-0.2, -0.15) is 0 Å². The first kappa shape index (κ1) is 21.5. The first-order valence-corrected chi connectivity index (χ1v) is 10.1. The number of rotatable bonds is 5. The Labute approximate surface area is 177 Å². The topological polar surface area (TPSA) is 63.7 Å². The molecule has 3 rings (SSSR count). The average molecular weight is 405 g/mol. The summed E-state index contributed by atoms with van der Waals surface area (Å²) < 4.78 is 5.46. The van der Waals surface area contributed by atoms with E-state index >= 15 is 0 Å². The maximum absolute atomic E-state index is 13.3. The van der Waals surface area contributed by atoms with Crippen LogP contribution in [0, 0.1) is 0 Å². The van der Waals surface area contributed by atoms with Crippen molar-refractivity contribution < 1.29 is 19.1 Å². The summed E-state index contributed by atoms with van der Waals surface area (Å²) in [4.78, 5) is 38.5. The van der Waals surface area contributed by atoms with Crippen molar-refractivity contribution in [2.24, 2.45) is 0 Å². The number of nitrogens with zero attached hydrogens (tertiary/aromatic N) is 1. The Kier molecular flexibility index (Phi) is 6.20. The number of aldehydes is 1. The second-order valence-corrected chi connectivity index (χ2v) is 8.51. The summed E-state index contributed by atoms with van der Waals surface area (Å²) in [6.45, 7) is 7.19. The molecule has 0 aromatic heterocycles. The fourth-order valence-electron chi connectivity index (χ4n) is 3.77. The van der Waals surface area contributed by atoms with E-state index in [0.29, 0.717) is 29.7 Å². The number of carbonyl (C=O) groups excluding carboxylic acids is 3. The van der Waals surface area contributed by atoms with Gasteiger partial charge in [-0.3, -0.25) is 4.79 Å². The number of carbonyl (C=O) groups is 3. The van der Waals surface area contributed by atoms with E-state index in [4.69, 9.17) is 4.74 Å². The molecule has 5 nitrogen and oxygen atoms in total. The Balaban J connectivity index is 1.99. The number of anilines is 1. The molecule has 1 aliphatic rings. The molecule has 0 saturated heterocycles. The summed E-state index contributed by atoms with van der Waals surface area (Å²) in [6, 6.07) is 17.0. The van der Waals surface area contributed by atoms with E-state index in [1.807, 2.05) is 49.4 Å². The largest absolute Gasteiger partial charge is 0.443 e. The number of ether oxygens (including phenoxy) is 1. The third-order valence-electron chi connectivity index (χ3n) is 5.04. The van der Waals surface area contributed by atoms with Crippen molar-refractivity contribution in [3.8, 4) is 0 Å². The van der Waals surface area contributed by atoms with Crippen LogP contribution >= 0.6 is 0 Å². The molecule has 0 bridgehead atoms. The highest BCUT2D eigenvalue weighted by Crippen LogP contribution is 2.41. The van der Waals surface area contributed by atoms with Crippen LogP contribution in [0.3, 0.4) is 0 Å². The van der Waals surface area contributed by atoms with Gasteiger partial charge in [0.15, 0.2) is 0 Å². The van der Waals surface area contributed by atoms with Crippen molar-refractivity contribution in [2.45, 2.75) is 52.1 Å². The third kappa shape index (κ3) is 4.51. The lowest BCUT2D eigenvalue weighted by Gasteiger charge is -2.23. The number of allylic oxidation sites excluding steroid dienone is 1. The standard InChI is InChI=1S/C25H27NO4/c1-17(16-19(14-15-27)18-10-6-5-7-11-18)22-20-12-8-9-13-21(20)26(23(22)28)24(29)30-25(2,3)4/h5-13,15,19H,14,16H2,1-4H3/b22-17+/t19-/m1/s1. The second kappa shape index (κ2) is 8.66. The predicted octanol–water partition coefficient (Wildman–Crippen LogP) is 5.50. The molecular formula is C25H27NO4. The lowest BCUT2D eigenvalue weighted by Crippen LogP contribution is -2.38. The first-order valence-electron chi connectivity index (χ1n) is 10.1. The van der Waals surface area contributed by atoms with Crippen molar-refractivity contribution in [3.05, 3.63) is 71.3 Å². The normalized spacial score (nSPS) is 16.1. The second-order valence-electron chi connectivity index (χ2n) is 8.51. The molecule has 2 amide bonds. The van der Waals surface area contributed by atoms with Crippen LogP contribution in [0.5, 0.6) is 0 Å². The van der Waals surface area contributed by atoms with Crippen LogP contribution in [-0.4, -0.2) is 23.9 Å². The van der Waals surface area contributed by atoms with Gasteiger partial charge in [0, 0.05) is 17.6 Å². The van der Waals surface area contributed by atoms with Gasteiger partial charge in [-0.1, -0.05) is 54.1 Å². The molecule has 5 heteroatoms. The summed E-state index contributed by atoms with van der Waals surface area (Å²) in [5.41, 5.74) is 2.92. The summed E-state index contributed by atoms with van der Waals surface area (Å²) in [5.74, 6) is -0.424. The number of imide groups is 1. The lowest BCUT2D eigenvalue weighted by molar-refractivity contribution is -0.113. The van der Waals surface area contributed by atoms with Crippen molar-refractivity contribution in [2.75, 3.05) is 4.90 Å². The fourth-order valence-corrected chi connectivity index (χ4v) is 3.77. The molecule has 0 N–H and O–H groups in total. The minimum Gasteiger partial charge on any atom is -0.443 e. The van der Waals surface area contributed by atoms with Gasteiger partial charge < -0.3 is 9.53 Å². The molecule has 156 valence electrons. The molecular weight excluding hydrogens is 378 g/mol. The van der Waals surface area contributed by atoms with Crippen LogP contribution in [0.2, 0.25) is 0 Å². The van der Waals surface area contributed by atoms with Crippen LogP contribution in [0.25, 0.3) is 5.57 Å². The van der Waals surface area contributed by atoms with Crippen molar-refractivity contribution in [1.29, 1.82) is 0 Å². The number of benzene rings is 2. The van der Waals surface area contributed by atoms with Crippen LogP contribution in [0.1, 0.15) is 57.6 Å². The van der Waals surface area contributed by atoms with Crippen molar-refractivity contribution >= 4 is 29.5 Å². The van der Waals surface area contributed by atoms with Crippen LogP contribution in [-0.2, 0) is 14.3 Å². The van der Waals surface area contributed by atoms with Gasteiger partial charge in [-0.25, -0.2) is 9.69 Å². The summed E-state index contributed by atoms with van der Waals surface area (Å²) in [6.07, 6.45) is 1.13. The van der Waals surface area contributed by atoms with Crippen LogP contribution < -0.4 is 4.90 Å². The lowest BCUT2D eigenvalue weighted by atomic mass is 9.87. The molecule has 30 heavy (non-hydrogen) atoms. The number of fused-ring (bicyclic) bond motifs is 1. The Morgan fingerprint density at radius 2 is 1.70 bits per heavy atom. The van der Waals surface area contributed by atoms with Gasteiger partial charge in [0.05, 0.1) is 5.69 Å². The van der Waals surface area contributed by atoms with E-state index in [1.165, 1.54) is 0 Å². The zero-order valence-corrected chi connectivity index (χ0v) is 17.8. The summed E-state index contributed by atoms with van der Waals surface area (Å²) >= 11 is 0. The number of para-hydroxylation sites is 1. The first-order chi connectivity index (χ1) is 14.2. The third-order valence-corrected chi connectivity index (χ3v) is 5.04. The Morgan fingerprint density at radius 1 is 1.07 bits per heavy atom. The number of hydrogen-bond donors (Lipinski definition) is 0. The maximum Gasteiger partial charge on any atom is 0.422 e. The van der Waals surface area contributed by atoms with Gasteiger partial charge in [0.1, 0.15) is 11.9 Å². The molecule has 1 heterocycles. The van der Waals surface area contributed by atoms with E-state index in [0.717, 1.165) is 22.3 Å². The molecule has 2 aromatic carbocycles. The highest BCUT2D eigenvalue weighted by Gasteiger charge is 2.40. The monoisotopic (exact) mass is 405 g/mol. The SMILES string of the molecule is C/C(C[C@@H](CC=O)c1ccccc1)=C1\C(=O)N(C(=O)OC(C)(C)C)c2ccccc21. The minimum absolute atomic E-state index is 0.0354. The minimum atomic E-state index is -0.712. The van der Waals surface area contributed by atoms with Crippen LogP contribution in [0.4, 0.5) is 10.5 Å². The number of amides is 2. The molecule has 2 aromatic rings. The number of hydrogen-bond acceptors (Lipinski definition) is 4. The molecule has 0 saturated carbocycles.